The maximum atomic E-state index is 12.1. The number of cyclic esters (lactones) is 1. The van der Waals surface area contributed by atoms with E-state index >= 15 is 0 Å². The first-order chi connectivity index (χ1) is 12.0. The number of nitrogens with zero attached hydrogens (tertiary/aromatic N) is 1. The highest BCUT2D eigenvalue weighted by molar-refractivity contribution is 6.13. The summed E-state index contributed by atoms with van der Waals surface area (Å²) >= 11 is 0. The van der Waals surface area contributed by atoms with E-state index in [2.05, 4.69) is 11.6 Å². The zero-order valence-corrected chi connectivity index (χ0v) is 14.3. The largest absolute Gasteiger partial charge is 0.489 e. The number of carbonyl (C=O) groups excluding carboxylic acids is 1. The van der Waals surface area contributed by atoms with Crippen LogP contribution < -0.4 is 4.74 Å². The minimum absolute atomic E-state index is 0.286. The summed E-state index contributed by atoms with van der Waals surface area (Å²) in [5.74, 6) is 0.653. The second kappa shape index (κ2) is 7.18. The van der Waals surface area contributed by atoms with Crippen LogP contribution in [-0.4, -0.2) is 18.5 Å². The molecular weight excluding hydrogens is 314 g/mol. The third-order valence-electron chi connectivity index (χ3n) is 3.66. The van der Waals surface area contributed by atoms with Crippen molar-refractivity contribution in [1.82, 2.24) is 0 Å². The molecule has 126 valence electrons. The Hall–Kier alpha value is -3.14. The lowest BCUT2D eigenvalue weighted by molar-refractivity contribution is -0.129. The molecule has 1 aliphatic rings. The third-order valence-corrected chi connectivity index (χ3v) is 3.66. The lowest BCUT2D eigenvalue weighted by atomic mass is 10.1. The molecule has 0 amide bonds. The molecule has 2 aromatic rings. The number of rotatable bonds is 5. The molecule has 0 saturated carbocycles. The van der Waals surface area contributed by atoms with E-state index in [0.717, 1.165) is 28.0 Å². The van der Waals surface area contributed by atoms with E-state index in [9.17, 15) is 4.79 Å². The van der Waals surface area contributed by atoms with Gasteiger partial charge in [0.2, 0.25) is 5.90 Å². The lowest BCUT2D eigenvalue weighted by Crippen LogP contribution is -2.06. The maximum Gasteiger partial charge on any atom is 0.363 e. The maximum absolute atomic E-state index is 12.1. The summed E-state index contributed by atoms with van der Waals surface area (Å²) in [6.45, 7) is 8.15. The van der Waals surface area contributed by atoms with Crippen molar-refractivity contribution in [3.63, 3.8) is 0 Å². The van der Waals surface area contributed by atoms with Gasteiger partial charge in [-0.3, -0.25) is 0 Å². The molecule has 0 fully saturated rings. The zero-order chi connectivity index (χ0) is 17.8. The molecule has 0 aromatic heterocycles. The Morgan fingerprint density at radius 1 is 1.20 bits per heavy atom. The van der Waals surface area contributed by atoms with E-state index in [4.69, 9.17) is 9.47 Å². The van der Waals surface area contributed by atoms with E-state index in [1.807, 2.05) is 62.4 Å². The van der Waals surface area contributed by atoms with E-state index in [-0.39, 0.29) is 5.70 Å². The average molecular weight is 333 g/mol. The van der Waals surface area contributed by atoms with Gasteiger partial charge in [0.25, 0.3) is 0 Å². The number of aliphatic imine (C=N–C) groups is 1. The fraction of sp³-hybridized carbons (Fsp3) is 0.143. The molecule has 2 aromatic carbocycles. The van der Waals surface area contributed by atoms with Crippen LogP contribution in [0.15, 0.2) is 71.4 Å². The molecule has 0 saturated heterocycles. The molecule has 0 radical (unpaired) electrons. The molecule has 3 rings (SSSR count). The number of carbonyl (C=O) groups is 1. The van der Waals surface area contributed by atoms with Crippen molar-refractivity contribution in [1.29, 1.82) is 0 Å². The Morgan fingerprint density at radius 3 is 2.60 bits per heavy atom. The van der Waals surface area contributed by atoms with Crippen LogP contribution in [0.3, 0.4) is 0 Å². The van der Waals surface area contributed by atoms with Gasteiger partial charge in [-0.25, -0.2) is 9.79 Å². The van der Waals surface area contributed by atoms with Crippen molar-refractivity contribution in [2.24, 2.45) is 4.99 Å². The Morgan fingerprint density at radius 2 is 1.92 bits per heavy atom. The topological polar surface area (TPSA) is 47.9 Å². The van der Waals surface area contributed by atoms with Crippen LogP contribution in [0.25, 0.3) is 6.08 Å². The van der Waals surface area contributed by atoms with Crippen LogP contribution in [0.5, 0.6) is 5.75 Å². The molecule has 0 aliphatic carbocycles. The lowest BCUT2D eigenvalue weighted by Gasteiger charge is -2.05. The third kappa shape index (κ3) is 4.04. The van der Waals surface area contributed by atoms with Crippen LogP contribution in [-0.2, 0) is 9.53 Å². The highest BCUT2D eigenvalue weighted by Crippen LogP contribution is 2.22. The van der Waals surface area contributed by atoms with Gasteiger partial charge in [-0.05, 0) is 54.8 Å². The molecule has 4 nitrogen and oxygen atoms in total. The quantitative estimate of drug-likeness (QED) is 0.466. The summed E-state index contributed by atoms with van der Waals surface area (Å²) in [5, 5.41) is 0. The normalized spacial score (nSPS) is 15.0. The van der Waals surface area contributed by atoms with Gasteiger partial charge < -0.3 is 9.47 Å². The minimum atomic E-state index is -0.444. The Balaban J connectivity index is 1.80. The number of hydrogen-bond acceptors (Lipinski definition) is 4. The Labute approximate surface area is 147 Å². The van der Waals surface area contributed by atoms with Gasteiger partial charge in [-0.2, -0.15) is 0 Å². The summed E-state index contributed by atoms with van der Waals surface area (Å²) in [7, 11) is 0. The van der Waals surface area contributed by atoms with Gasteiger partial charge in [0.1, 0.15) is 12.4 Å². The molecular formula is C21H19NO3. The predicted octanol–water partition coefficient (Wildman–Crippen LogP) is 4.29. The first-order valence-electron chi connectivity index (χ1n) is 7.99. The monoisotopic (exact) mass is 333 g/mol. The first kappa shape index (κ1) is 16.7. The molecule has 0 unspecified atom stereocenters. The average Bonchev–Trinajstić information content (AvgIpc) is 2.95. The fourth-order valence-electron chi connectivity index (χ4n) is 2.36. The first-order valence-corrected chi connectivity index (χ1v) is 7.99. The van der Waals surface area contributed by atoms with Gasteiger partial charge in [-0.15, -0.1) is 0 Å². The molecule has 0 atom stereocenters. The summed E-state index contributed by atoms with van der Waals surface area (Å²) < 4.78 is 10.9. The smallest absolute Gasteiger partial charge is 0.363 e. The minimum Gasteiger partial charge on any atom is -0.489 e. The molecule has 1 aliphatic heterocycles. The van der Waals surface area contributed by atoms with Crippen LogP contribution in [0.2, 0.25) is 0 Å². The number of hydrogen-bond donors (Lipinski definition) is 0. The second-order valence-corrected chi connectivity index (χ2v) is 5.97. The molecule has 0 N–H and O–H groups in total. The number of benzene rings is 2. The van der Waals surface area contributed by atoms with Crippen molar-refractivity contribution >= 4 is 17.9 Å². The molecule has 25 heavy (non-hydrogen) atoms. The Bertz CT molecular complexity index is 876. The standard InChI is InChI=1S/C21H19NO3/c1-14(2)13-24-17-10-8-16(9-11-17)12-19-21(23)25-20(22-19)18-7-5-4-6-15(18)3/h4-12H,1,13H2,2-3H3/b19-12-. The van der Waals surface area contributed by atoms with Crippen molar-refractivity contribution in [2.45, 2.75) is 13.8 Å². The highest BCUT2D eigenvalue weighted by atomic mass is 16.6. The second-order valence-electron chi connectivity index (χ2n) is 5.97. The number of esters is 1. The van der Waals surface area contributed by atoms with Gasteiger partial charge in [0, 0.05) is 5.56 Å². The van der Waals surface area contributed by atoms with E-state index < -0.39 is 5.97 Å². The number of ether oxygens (including phenoxy) is 2. The molecule has 1 heterocycles. The van der Waals surface area contributed by atoms with E-state index in [1.54, 1.807) is 6.08 Å². The summed E-state index contributed by atoms with van der Waals surface area (Å²) in [4.78, 5) is 16.4. The van der Waals surface area contributed by atoms with Crippen molar-refractivity contribution in [2.75, 3.05) is 6.61 Å². The van der Waals surface area contributed by atoms with Gasteiger partial charge >= 0.3 is 5.97 Å². The summed E-state index contributed by atoms with van der Waals surface area (Å²) in [6.07, 6.45) is 1.70. The van der Waals surface area contributed by atoms with Crippen LogP contribution in [0.4, 0.5) is 0 Å². The fourth-order valence-corrected chi connectivity index (χ4v) is 2.36. The highest BCUT2D eigenvalue weighted by Gasteiger charge is 2.24. The van der Waals surface area contributed by atoms with E-state index in [1.165, 1.54) is 0 Å². The van der Waals surface area contributed by atoms with Crippen LogP contribution >= 0.6 is 0 Å². The molecule has 4 heteroatoms. The van der Waals surface area contributed by atoms with Crippen molar-refractivity contribution < 1.29 is 14.3 Å². The summed E-state index contributed by atoms with van der Waals surface area (Å²) in [6, 6.07) is 15.1. The number of aryl methyl sites for hydroxylation is 1. The van der Waals surface area contributed by atoms with Crippen LogP contribution in [0, 0.1) is 6.92 Å². The Kier molecular flexibility index (Phi) is 4.80. The van der Waals surface area contributed by atoms with Gasteiger partial charge in [-0.1, -0.05) is 36.9 Å². The van der Waals surface area contributed by atoms with Gasteiger partial charge in [0.15, 0.2) is 5.70 Å². The predicted molar refractivity (Wildman–Crippen MR) is 98.5 cm³/mol. The van der Waals surface area contributed by atoms with Crippen LogP contribution in [0.1, 0.15) is 23.6 Å². The zero-order valence-electron chi connectivity index (χ0n) is 14.3. The molecule has 0 spiro atoms. The van der Waals surface area contributed by atoms with Crippen molar-refractivity contribution in [3.05, 3.63) is 83.1 Å². The SMILES string of the molecule is C=C(C)COc1ccc(/C=C2\N=C(c3ccccc3C)OC2=O)cc1. The van der Waals surface area contributed by atoms with E-state index in [0.29, 0.717) is 12.5 Å². The van der Waals surface area contributed by atoms with Gasteiger partial charge in [0.05, 0.1) is 0 Å². The summed E-state index contributed by atoms with van der Waals surface area (Å²) in [5.41, 5.74) is 3.92. The van der Waals surface area contributed by atoms with Crippen molar-refractivity contribution in [3.8, 4) is 5.75 Å². The molecule has 0 bridgehead atoms.